The number of rotatable bonds is 2. The van der Waals surface area contributed by atoms with Crippen molar-refractivity contribution in [3.8, 4) is 11.4 Å². The van der Waals surface area contributed by atoms with Crippen molar-refractivity contribution < 1.29 is 0 Å². The molecule has 130 valence electrons. The fourth-order valence-corrected chi connectivity index (χ4v) is 4.07. The van der Waals surface area contributed by atoms with Crippen LogP contribution in [0, 0.1) is 0 Å². The Morgan fingerprint density at radius 1 is 1.24 bits per heavy atom. The molecule has 1 fully saturated rings. The van der Waals surface area contributed by atoms with Crippen LogP contribution >= 0.6 is 27.5 Å². The molecule has 0 saturated heterocycles. The summed E-state index contributed by atoms with van der Waals surface area (Å²) in [6.45, 7) is 0. The van der Waals surface area contributed by atoms with E-state index in [0.29, 0.717) is 21.1 Å². The fourth-order valence-electron chi connectivity index (χ4n) is 3.33. The quantitative estimate of drug-likeness (QED) is 0.662. The molecular weight excluding hydrogens is 404 g/mol. The predicted molar refractivity (Wildman–Crippen MR) is 101 cm³/mol. The second-order valence-electron chi connectivity index (χ2n) is 6.56. The number of fused-ring (bicyclic) bond motifs is 1. The van der Waals surface area contributed by atoms with Gasteiger partial charge in [-0.05, 0) is 53.7 Å². The number of nitrogens with zero attached hydrogens (tertiary/aromatic N) is 4. The Hall–Kier alpha value is -1.54. The molecule has 3 heterocycles. The van der Waals surface area contributed by atoms with Crippen molar-refractivity contribution in [2.75, 3.05) is 0 Å². The highest BCUT2D eigenvalue weighted by Crippen LogP contribution is 2.36. The first-order valence-corrected chi connectivity index (χ1v) is 9.35. The molecule has 0 aromatic carbocycles. The number of hydrogen-bond donors (Lipinski definition) is 2. The van der Waals surface area contributed by atoms with Gasteiger partial charge in [0.2, 0.25) is 0 Å². The summed E-state index contributed by atoms with van der Waals surface area (Å²) in [4.78, 5) is 13.7. The highest BCUT2D eigenvalue weighted by molar-refractivity contribution is 9.10. The molecule has 0 spiro atoms. The van der Waals surface area contributed by atoms with Gasteiger partial charge in [-0.3, -0.25) is 4.40 Å². The van der Waals surface area contributed by atoms with Crippen LogP contribution in [-0.4, -0.2) is 25.4 Å². The molecule has 6 nitrogen and oxygen atoms in total. The Balaban J connectivity index is 1.84. The Labute approximate surface area is 158 Å². The lowest BCUT2D eigenvalue weighted by molar-refractivity contribution is 0.265. The Kier molecular flexibility index (Phi) is 4.27. The van der Waals surface area contributed by atoms with Crippen molar-refractivity contribution in [3.05, 3.63) is 46.0 Å². The third-order valence-corrected chi connectivity index (χ3v) is 5.65. The van der Waals surface area contributed by atoms with E-state index in [4.69, 9.17) is 28.1 Å². The minimum absolute atomic E-state index is 0.205. The van der Waals surface area contributed by atoms with Gasteiger partial charge in [-0.25, -0.2) is 15.0 Å². The number of imidazole rings is 1. The molecule has 0 radical (unpaired) electrons. The van der Waals surface area contributed by atoms with Crippen LogP contribution in [0.4, 0.5) is 0 Å². The minimum Gasteiger partial charge on any atom is -0.328 e. The zero-order chi connectivity index (χ0) is 17.6. The van der Waals surface area contributed by atoms with Crippen molar-refractivity contribution in [1.82, 2.24) is 19.4 Å². The summed E-state index contributed by atoms with van der Waals surface area (Å²) < 4.78 is 2.63. The molecule has 25 heavy (non-hydrogen) atoms. The van der Waals surface area contributed by atoms with E-state index in [9.17, 15) is 0 Å². The average Bonchev–Trinajstić information content (AvgIpc) is 2.94. The van der Waals surface area contributed by atoms with Gasteiger partial charge in [0.25, 0.3) is 0 Å². The lowest BCUT2D eigenvalue weighted by Crippen LogP contribution is -2.45. The van der Waals surface area contributed by atoms with Crippen molar-refractivity contribution in [2.24, 2.45) is 11.5 Å². The van der Waals surface area contributed by atoms with Crippen molar-refractivity contribution in [3.63, 3.8) is 0 Å². The first-order valence-electron chi connectivity index (χ1n) is 8.18. The topological polar surface area (TPSA) is 95.1 Å². The van der Waals surface area contributed by atoms with E-state index in [2.05, 4.69) is 25.9 Å². The van der Waals surface area contributed by atoms with E-state index in [1.54, 1.807) is 6.20 Å². The average molecular weight is 422 g/mol. The maximum Gasteiger partial charge on any atom is 0.148 e. The maximum absolute atomic E-state index is 6.61. The molecule has 4 rings (SSSR count). The summed E-state index contributed by atoms with van der Waals surface area (Å²) in [6, 6.07) is 6.01. The van der Waals surface area contributed by atoms with Crippen LogP contribution in [0.2, 0.25) is 5.02 Å². The van der Waals surface area contributed by atoms with E-state index in [0.717, 1.165) is 37.0 Å². The van der Waals surface area contributed by atoms with Gasteiger partial charge in [-0.15, -0.1) is 0 Å². The van der Waals surface area contributed by atoms with Gasteiger partial charge in [0.1, 0.15) is 27.5 Å². The lowest BCUT2D eigenvalue weighted by Gasteiger charge is -2.34. The predicted octanol–water partition coefficient (Wildman–Crippen LogP) is 3.26. The van der Waals surface area contributed by atoms with Crippen LogP contribution in [0.15, 0.2) is 35.2 Å². The summed E-state index contributed by atoms with van der Waals surface area (Å²) in [5.74, 6) is 0.608. The molecular formula is C17H18BrClN6. The van der Waals surface area contributed by atoms with Crippen LogP contribution in [0.1, 0.15) is 31.5 Å². The van der Waals surface area contributed by atoms with Crippen LogP contribution in [0.3, 0.4) is 0 Å². The normalized spacial score (nSPS) is 23.9. The van der Waals surface area contributed by atoms with Crippen LogP contribution in [-0.2, 0) is 5.54 Å². The summed E-state index contributed by atoms with van der Waals surface area (Å²) >= 11 is 9.94. The largest absolute Gasteiger partial charge is 0.328 e. The van der Waals surface area contributed by atoms with Crippen molar-refractivity contribution in [2.45, 2.75) is 37.3 Å². The van der Waals surface area contributed by atoms with Crippen molar-refractivity contribution >= 4 is 33.2 Å². The van der Waals surface area contributed by atoms with Gasteiger partial charge >= 0.3 is 0 Å². The van der Waals surface area contributed by atoms with E-state index >= 15 is 0 Å². The smallest absolute Gasteiger partial charge is 0.148 e. The molecule has 0 unspecified atom stereocenters. The minimum atomic E-state index is -0.567. The van der Waals surface area contributed by atoms with Gasteiger partial charge in [-0.1, -0.05) is 17.7 Å². The molecule has 4 N–H and O–H groups in total. The van der Waals surface area contributed by atoms with Gasteiger partial charge in [0.05, 0.1) is 10.6 Å². The second kappa shape index (κ2) is 6.32. The van der Waals surface area contributed by atoms with Gasteiger partial charge in [0.15, 0.2) is 0 Å². The van der Waals surface area contributed by atoms with E-state index < -0.39 is 5.54 Å². The third kappa shape index (κ3) is 2.95. The Morgan fingerprint density at radius 3 is 2.76 bits per heavy atom. The SMILES string of the molecule is NC1CCC(N)(c2ncc(Cl)c(-c3c(Br)nc4ccccn34)n2)CC1. The molecule has 1 aliphatic rings. The first-order chi connectivity index (χ1) is 12.0. The summed E-state index contributed by atoms with van der Waals surface area (Å²) in [7, 11) is 0. The highest BCUT2D eigenvalue weighted by atomic mass is 79.9. The lowest BCUT2D eigenvalue weighted by atomic mass is 9.80. The molecule has 8 heteroatoms. The molecule has 0 bridgehead atoms. The molecule has 0 aliphatic heterocycles. The third-order valence-electron chi connectivity index (χ3n) is 4.82. The molecule has 0 atom stereocenters. The standard InChI is InChI=1S/C17H18BrClN6/c18-15-14(25-8-2-1-3-12(25)23-15)13-11(19)9-22-16(24-13)17(21)6-4-10(20)5-7-17/h1-3,8-10H,4-7,20-21H2. The molecule has 3 aromatic rings. The van der Waals surface area contributed by atoms with Gasteiger partial charge < -0.3 is 11.5 Å². The highest BCUT2D eigenvalue weighted by Gasteiger charge is 2.35. The van der Waals surface area contributed by atoms with Crippen molar-refractivity contribution in [1.29, 1.82) is 0 Å². The maximum atomic E-state index is 6.61. The zero-order valence-corrected chi connectivity index (χ0v) is 15.8. The molecule has 0 amide bonds. The number of halogens is 2. The monoisotopic (exact) mass is 420 g/mol. The van der Waals surface area contributed by atoms with E-state index in [1.807, 2.05) is 28.8 Å². The fraction of sp³-hybridized carbons (Fsp3) is 0.353. The Morgan fingerprint density at radius 2 is 2.00 bits per heavy atom. The summed E-state index contributed by atoms with van der Waals surface area (Å²) in [6.07, 6.45) is 6.83. The number of nitrogens with two attached hydrogens (primary N) is 2. The zero-order valence-electron chi connectivity index (χ0n) is 13.5. The number of pyridine rings is 1. The summed E-state index contributed by atoms with van der Waals surface area (Å²) in [5.41, 5.74) is 14.3. The number of aromatic nitrogens is 4. The molecule has 1 saturated carbocycles. The van der Waals surface area contributed by atoms with Crippen LogP contribution in [0.25, 0.3) is 17.0 Å². The molecule has 3 aromatic heterocycles. The van der Waals surface area contributed by atoms with Crippen LogP contribution in [0.5, 0.6) is 0 Å². The summed E-state index contributed by atoms with van der Waals surface area (Å²) in [5, 5.41) is 0.464. The Bertz CT molecular complexity index is 932. The van der Waals surface area contributed by atoms with Gasteiger partial charge in [0, 0.05) is 18.4 Å². The van der Waals surface area contributed by atoms with Gasteiger partial charge in [-0.2, -0.15) is 0 Å². The van der Waals surface area contributed by atoms with Crippen LogP contribution < -0.4 is 11.5 Å². The second-order valence-corrected chi connectivity index (χ2v) is 7.72. The number of hydrogen-bond acceptors (Lipinski definition) is 5. The first kappa shape index (κ1) is 16.9. The molecule has 1 aliphatic carbocycles. The van der Waals surface area contributed by atoms with E-state index in [-0.39, 0.29) is 6.04 Å². The van der Waals surface area contributed by atoms with E-state index in [1.165, 1.54) is 0 Å².